The van der Waals surface area contributed by atoms with Gasteiger partial charge < -0.3 is 28.6 Å². The number of hydrogen-bond donors (Lipinski definition) is 0. The summed E-state index contributed by atoms with van der Waals surface area (Å²) in [4.78, 5) is 36.8. The highest BCUT2D eigenvalue weighted by molar-refractivity contribution is 5.71. The van der Waals surface area contributed by atoms with Gasteiger partial charge in [-0.3, -0.25) is 9.59 Å². The lowest BCUT2D eigenvalue weighted by Gasteiger charge is -2.34. The maximum absolute atomic E-state index is 12.6. The molecule has 0 aliphatic carbocycles. The van der Waals surface area contributed by atoms with Crippen LogP contribution in [-0.2, 0) is 28.6 Å². The van der Waals surface area contributed by atoms with E-state index in [0.717, 1.165) is 57.8 Å². The number of rotatable bonds is 37. The van der Waals surface area contributed by atoms with Crippen LogP contribution in [0.5, 0.6) is 0 Å². The number of carbonyl (C=O) groups is 3. The van der Waals surface area contributed by atoms with Gasteiger partial charge in [0, 0.05) is 12.8 Å². The number of unbranched alkanes of at least 4 members (excludes halogenated alkanes) is 10. The fourth-order valence-electron chi connectivity index (χ4n) is 5.70. The second-order valence-corrected chi connectivity index (χ2v) is 15.2. The Hall–Kier alpha value is -3.49. The monoisotopic (exact) mass is 782 g/mol. The Balaban J connectivity index is 4.50. The molecule has 0 saturated heterocycles. The number of esters is 2. The smallest absolute Gasteiger partial charge is 0.310 e. The first-order chi connectivity index (χ1) is 27.1. The number of carboxylic acid groups (broad SMARTS) is 1. The zero-order valence-electron chi connectivity index (χ0n) is 36.0. The van der Waals surface area contributed by atoms with E-state index in [1.54, 1.807) is 27.2 Å². The highest BCUT2D eigenvalue weighted by atomic mass is 16.6. The first-order valence-electron chi connectivity index (χ1n) is 21.6. The molecule has 0 aromatic heterocycles. The van der Waals surface area contributed by atoms with Gasteiger partial charge in [-0.05, 0) is 70.6 Å². The molecule has 2 atom stereocenters. The lowest BCUT2D eigenvalue weighted by atomic mass is 10.1. The molecule has 0 aromatic rings. The first-order valence-corrected chi connectivity index (χ1v) is 21.6. The SMILES string of the molecule is CC/C=C\C/C=C\C/C=C\C/C=C\C/C=C\CC(=O)OC(COCCC(C(=O)[O-])[N+](C)(C)C)COC(=O)CCCCCCCCC/C=C\C/C=C\CCCCC. The zero-order chi connectivity index (χ0) is 41.4. The van der Waals surface area contributed by atoms with Crippen LogP contribution in [0.1, 0.15) is 149 Å². The molecular formula is C48H79NO7. The fourth-order valence-corrected chi connectivity index (χ4v) is 5.70. The summed E-state index contributed by atoms with van der Waals surface area (Å²) in [7, 11) is 5.36. The van der Waals surface area contributed by atoms with Crippen molar-refractivity contribution in [3.05, 3.63) is 85.1 Å². The average Bonchev–Trinajstić information content (AvgIpc) is 3.15. The molecule has 2 unspecified atom stereocenters. The largest absolute Gasteiger partial charge is 0.544 e. The van der Waals surface area contributed by atoms with Gasteiger partial charge in [0.05, 0.1) is 46.7 Å². The Bertz CT molecular complexity index is 1190. The Morgan fingerprint density at radius 1 is 0.571 bits per heavy atom. The molecule has 0 spiro atoms. The quantitative estimate of drug-likeness (QED) is 0.0268. The molecule has 318 valence electrons. The van der Waals surface area contributed by atoms with Crippen LogP contribution in [0.2, 0.25) is 0 Å². The molecule has 0 bridgehead atoms. The molecular weight excluding hydrogens is 703 g/mol. The van der Waals surface area contributed by atoms with E-state index >= 15 is 0 Å². The number of nitrogens with zero attached hydrogens (tertiary/aromatic N) is 1. The van der Waals surface area contributed by atoms with Gasteiger partial charge in [-0.2, -0.15) is 0 Å². The summed E-state index contributed by atoms with van der Waals surface area (Å²) >= 11 is 0. The summed E-state index contributed by atoms with van der Waals surface area (Å²) in [5.74, 6) is -1.92. The van der Waals surface area contributed by atoms with Crippen molar-refractivity contribution in [2.24, 2.45) is 0 Å². The lowest BCUT2D eigenvalue weighted by molar-refractivity contribution is -0.889. The first kappa shape index (κ1) is 52.5. The van der Waals surface area contributed by atoms with Crippen molar-refractivity contribution in [1.82, 2.24) is 0 Å². The molecule has 0 heterocycles. The second-order valence-electron chi connectivity index (χ2n) is 15.2. The summed E-state index contributed by atoms with van der Waals surface area (Å²) in [6.45, 7) is 4.38. The number of carboxylic acids is 1. The van der Waals surface area contributed by atoms with E-state index < -0.39 is 24.1 Å². The van der Waals surface area contributed by atoms with Crippen molar-refractivity contribution in [3.8, 4) is 0 Å². The summed E-state index contributed by atoms with van der Waals surface area (Å²) in [5.41, 5.74) is 0. The third-order valence-corrected chi connectivity index (χ3v) is 9.05. The normalized spacial score (nSPS) is 13.8. The number of likely N-dealkylation sites (N-methyl/N-ethyl adjacent to an activating group) is 1. The summed E-state index contributed by atoms with van der Waals surface area (Å²) in [5, 5.41) is 11.6. The number of hydrogen-bond acceptors (Lipinski definition) is 7. The van der Waals surface area contributed by atoms with Crippen LogP contribution < -0.4 is 5.11 Å². The number of aliphatic carboxylic acids is 1. The van der Waals surface area contributed by atoms with Crippen LogP contribution in [0.4, 0.5) is 0 Å². The second kappa shape index (κ2) is 38.4. The van der Waals surface area contributed by atoms with E-state index in [2.05, 4.69) is 86.8 Å². The number of allylic oxidation sites excluding steroid dienone is 13. The predicted octanol–water partition coefficient (Wildman–Crippen LogP) is 10.4. The molecule has 0 rings (SSSR count). The van der Waals surface area contributed by atoms with Crippen LogP contribution in [0.15, 0.2) is 85.1 Å². The molecule has 0 radical (unpaired) electrons. The average molecular weight is 782 g/mol. The van der Waals surface area contributed by atoms with E-state index in [0.29, 0.717) is 12.8 Å². The molecule has 56 heavy (non-hydrogen) atoms. The van der Waals surface area contributed by atoms with Gasteiger partial charge in [0.25, 0.3) is 0 Å². The van der Waals surface area contributed by atoms with Crippen molar-refractivity contribution in [2.75, 3.05) is 41.0 Å². The van der Waals surface area contributed by atoms with E-state index in [1.165, 1.54) is 51.4 Å². The number of carbonyl (C=O) groups excluding carboxylic acids is 3. The minimum Gasteiger partial charge on any atom is -0.544 e. The van der Waals surface area contributed by atoms with E-state index in [9.17, 15) is 19.5 Å². The maximum atomic E-state index is 12.6. The lowest BCUT2D eigenvalue weighted by Crippen LogP contribution is -2.55. The van der Waals surface area contributed by atoms with Crippen LogP contribution in [0, 0.1) is 0 Å². The highest BCUT2D eigenvalue weighted by Gasteiger charge is 2.25. The number of quaternary nitrogens is 1. The van der Waals surface area contributed by atoms with Crippen LogP contribution in [-0.4, -0.2) is 75.5 Å². The van der Waals surface area contributed by atoms with Gasteiger partial charge in [-0.25, -0.2) is 0 Å². The van der Waals surface area contributed by atoms with Crippen molar-refractivity contribution < 1.29 is 38.2 Å². The summed E-state index contributed by atoms with van der Waals surface area (Å²) in [6, 6.07) is -0.747. The maximum Gasteiger partial charge on any atom is 0.310 e. The minimum atomic E-state index is -1.14. The fraction of sp³-hybridized carbons (Fsp3) is 0.646. The minimum absolute atomic E-state index is 0.00639. The molecule has 0 aliphatic heterocycles. The Morgan fingerprint density at radius 2 is 1.05 bits per heavy atom. The van der Waals surface area contributed by atoms with Gasteiger partial charge in [0.1, 0.15) is 12.6 Å². The standard InChI is InChI=1S/C48H79NO7/c1-6-8-10-12-14-16-18-20-22-23-25-26-28-30-32-34-36-38-46(50)55-43-44(42-54-41-40-45(48(52)53)49(3,4)5)56-47(51)39-37-35-33-31-29-27-24-21-19-17-15-13-11-9-7-2/h9,11,14-17,20-22,24,29,31,35,37,44-45H,6-8,10,12-13,18-19,23,25-28,30,32-34,36,38-43H2,1-5H3/b11-9-,16-14-,17-15-,22-20-,24-21-,31-29-,37-35-. The van der Waals surface area contributed by atoms with Crippen LogP contribution in [0.3, 0.4) is 0 Å². The summed E-state index contributed by atoms with van der Waals surface area (Å²) < 4.78 is 17.0. The van der Waals surface area contributed by atoms with Gasteiger partial charge in [0.15, 0.2) is 6.10 Å². The van der Waals surface area contributed by atoms with Gasteiger partial charge in [-0.15, -0.1) is 0 Å². The highest BCUT2D eigenvalue weighted by Crippen LogP contribution is 2.12. The van der Waals surface area contributed by atoms with Gasteiger partial charge in [0.2, 0.25) is 0 Å². The molecule has 0 fully saturated rings. The molecule has 0 saturated carbocycles. The van der Waals surface area contributed by atoms with Crippen molar-refractivity contribution in [1.29, 1.82) is 0 Å². The molecule has 0 N–H and O–H groups in total. The summed E-state index contributed by atoms with van der Waals surface area (Å²) in [6.07, 6.45) is 49.2. The van der Waals surface area contributed by atoms with E-state index in [-0.39, 0.29) is 43.1 Å². The predicted molar refractivity (Wildman–Crippen MR) is 231 cm³/mol. The zero-order valence-corrected chi connectivity index (χ0v) is 36.0. The molecule has 8 heteroatoms. The van der Waals surface area contributed by atoms with Crippen molar-refractivity contribution in [3.63, 3.8) is 0 Å². The van der Waals surface area contributed by atoms with Gasteiger partial charge in [-0.1, -0.05) is 144 Å². The third kappa shape index (κ3) is 36.2. The Labute approximate surface area is 342 Å². The topological polar surface area (TPSA) is 102 Å². The van der Waals surface area contributed by atoms with Crippen LogP contribution >= 0.6 is 0 Å². The van der Waals surface area contributed by atoms with Crippen LogP contribution in [0.25, 0.3) is 0 Å². The molecule has 0 aliphatic rings. The molecule has 0 amide bonds. The third-order valence-electron chi connectivity index (χ3n) is 9.05. The molecule has 8 nitrogen and oxygen atoms in total. The van der Waals surface area contributed by atoms with Crippen molar-refractivity contribution >= 4 is 17.9 Å². The Kier molecular flexibility index (Phi) is 36.0. The Morgan fingerprint density at radius 3 is 1.57 bits per heavy atom. The van der Waals surface area contributed by atoms with Crippen molar-refractivity contribution in [2.45, 2.75) is 161 Å². The van der Waals surface area contributed by atoms with Gasteiger partial charge >= 0.3 is 11.9 Å². The number of ether oxygens (including phenoxy) is 3. The molecule has 0 aromatic carbocycles. The van der Waals surface area contributed by atoms with E-state index in [4.69, 9.17) is 14.2 Å². The van der Waals surface area contributed by atoms with E-state index in [1.807, 2.05) is 6.08 Å².